The van der Waals surface area contributed by atoms with Crippen LogP contribution >= 0.6 is 0 Å². The molecule has 1 heteroatoms. The number of hydrogen-bond donors (Lipinski definition) is 0. The molecule has 0 N–H and O–H groups in total. The summed E-state index contributed by atoms with van der Waals surface area (Å²) in [5, 5.41) is 0. The second-order valence-corrected chi connectivity index (χ2v) is 4.07. The Balaban J connectivity index is 2.31. The summed E-state index contributed by atoms with van der Waals surface area (Å²) in [6.45, 7) is 2.28. The summed E-state index contributed by atoms with van der Waals surface area (Å²) >= 11 is 0. The van der Waals surface area contributed by atoms with Crippen molar-refractivity contribution in [2.75, 3.05) is 0 Å². The second-order valence-electron chi connectivity index (χ2n) is 4.07. The van der Waals surface area contributed by atoms with Crippen LogP contribution in [0.4, 0.5) is 0 Å². The third-order valence-electron chi connectivity index (χ3n) is 3.23. The van der Waals surface area contributed by atoms with E-state index in [1.165, 1.54) is 30.4 Å². The molecule has 1 unspecified atom stereocenters. The largest absolute Gasteiger partial charge is 0.295 e. The first-order chi connectivity index (χ1) is 5.79. The molecule has 12 heavy (non-hydrogen) atoms. The summed E-state index contributed by atoms with van der Waals surface area (Å²) in [6.07, 6.45) is 6.63. The van der Waals surface area contributed by atoms with Gasteiger partial charge in [0, 0.05) is 6.42 Å². The van der Waals surface area contributed by atoms with E-state index in [0.717, 1.165) is 19.3 Å². The fourth-order valence-corrected chi connectivity index (χ4v) is 2.52. The lowest BCUT2D eigenvalue weighted by molar-refractivity contribution is -0.115. The van der Waals surface area contributed by atoms with Gasteiger partial charge in [0.05, 0.1) is 0 Å². The molecule has 1 nitrogen and oxygen atoms in total. The first-order valence-electron chi connectivity index (χ1n) is 5.04. The van der Waals surface area contributed by atoms with Crippen molar-refractivity contribution < 1.29 is 4.79 Å². The third kappa shape index (κ3) is 1.21. The van der Waals surface area contributed by atoms with E-state index in [9.17, 15) is 4.79 Å². The minimum absolute atomic E-state index is 0.451. The van der Waals surface area contributed by atoms with E-state index in [0.29, 0.717) is 11.7 Å². The zero-order valence-electron chi connectivity index (χ0n) is 7.73. The van der Waals surface area contributed by atoms with Crippen LogP contribution in [0.1, 0.15) is 45.4 Å². The molecule has 2 aliphatic carbocycles. The molecule has 0 saturated carbocycles. The van der Waals surface area contributed by atoms with E-state index in [1.54, 1.807) is 0 Å². The number of ketones is 1. The Morgan fingerprint density at radius 1 is 1.17 bits per heavy atom. The minimum atomic E-state index is 0.451. The SMILES string of the molecule is CC1CCCC(=O)C2=C1CCC2. The Hall–Kier alpha value is -0.590. The highest BCUT2D eigenvalue weighted by Gasteiger charge is 2.26. The van der Waals surface area contributed by atoms with Crippen molar-refractivity contribution in [3.05, 3.63) is 11.1 Å². The van der Waals surface area contributed by atoms with Gasteiger partial charge < -0.3 is 0 Å². The highest BCUT2D eigenvalue weighted by molar-refractivity contribution is 5.96. The van der Waals surface area contributed by atoms with E-state index in [-0.39, 0.29) is 0 Å². The van der Waals surface area contributed by atoms with Gasteiger partial charge in [0.2, 0.25) is 0 Å². The summed E-state index contributed by atoms with van der Waals surface area (Å²) in [6, 6.07) is 0. The molecular weight excluding hydrogens is 148 g/mol. The van der Waals surface area contributed by atoms with Crippen LogP contribution in [0, 0.1) is 5.92 Å². The molecule has 0 aromatic carbocycles. The van der Waals surface area contributed by atoms with Gasteiger partial charge in [0.25, 0.3) is 0 Å². The van der Waals surface area contributed by atoms with Gasteiger partial charge in [-0.25, -0.2) is 0 Å². The number of rotatable bonds is 0. The van der Waals surface area contributed by atoms with Gasteiger partial charge >= 0.3 is 0 Å². The molecule has 0 amide bonds. The number of allylic oxidation sites excluding steroid dienone is 2. The van der Waals surface area contributed by atoms with Crippen LogP contribution in [0.5, 0.6) is 0 Å². The van der Waals surface area contributed by atoms with Crippen LogP contribution in [0.3, 0.4) is 0 Å². The van der Waals surface area contributed by atoms with Gasteiger partial charge in [-0.05, 0) is 43.6 Å². The monoisotopic (exact) mass is 164 g/mol. The lowest BCUT2D eigenvalue weighted by Crippen LogP contribution is -2.00. The Labute approximate surface area is 73.8 Å². The van der Waals surface area contributed by atoms with Crippen LogP contribution in [-0.2, 0) is 4.79 Å². The molecule has 2 aliphatic rings. The maximum absolute atomic E-state index is 11.6. The smallest absolute Gasteiger partial charge is 0.158 e. The van der Waals surface area contributed by atoms with Crippen LogP contribution < -0.4 is 0 Å². The minimum Gasteiger partial charge on any atom is -0.295 e. The number of hydrogen-bond acceptors (Lipinski definition) is 1. The Morgan fingerprint density at radius 3 is 2.83 bits per heavy atom. The van der Waals surface area contributed by atoms with Gasteiger partial charge in [-0.1, -0.05) is 12.5 Å². The maximum atomic E-state index is 11.6. The molecule has 2 rings (SSSR count). The quantitative estimate of drug-likeness (QED) is 0.538. The second kappa shape index (κ2) is 3.04. The first kappa shape index (κ1) is 8.03. The van der Waals surface area contributed by atoms with Gasteiger partial charge in [0.1, 0.15) is 0 Å². The van der Waals surface area contributed by atoms with Gasteiger partial charge in [-0.3, -0.25) is 4.79 Å². The maximum Gasteiger partial charge on any atom is 0.158 e. The summed E-state index contributed by atoms with van der Waals surface area (Å²) in [5.74, 6) is 1.14. The lowest BCUT2D eigenvalue weighted by atomic mass is 9.95. The van der Waals surface area contributed by atoms with Crippen molar-refractivity contribution in [2.45, 2.75) is 45.4 Å². The molecule has 0 heterocycles. The average Bonchev–Trinajstić information content (AvgIpc) is 2.47. The van der Waals surface area contributed by atoms with E-state index in [1.807, 2.05) is 0 Å². The van der Waals surface area contributed by atoms with Crippen LogP contribution in [0.2, 0.25) is 0 Å². The number of carbonyl (C=O) groups excluding carboxylic acids is 1. The van der Waals surface area contributed by atoms with Crippen molar-refractivity contribution in [3.8, 4) is 0 Å². The molecule has 1 atom stereocenters. The third-order valence-corrected chi connectivity index (χ3v) is 3.23. The molecule has 0 radical (unpaired) electrons. The highest BCUT2D eigenvalue weighted by atomic mass is 16.1. The fourth-order valence-electron chi connectivity index (χ4n) is 2.52. The van der Waals surface area contributed by atoms with Gasteiger partial charge in [0.15, 0.2) is 5.78 Å². The van der Waals surface area contributed by atoms with Crippen molar-refractivity contribution in [1.82, 2.24) is 0 Å². The normalized spacial score (nSPS) is 30.4. The zero-order valence-corrected chi connectivity index (χ0v) is 7.73. The molecule has 0 fully saturated rings. The topological polar surface area (TPSA) is 17.1 Å². The van der Waals surface area contributed by atoms with Crippen molar-refractivity contribution in [1.29, 1.82) is 0 Å². The van der Waals surface area contributed by atoms with Crippen LogP contribution in [-0.4, -0.2) is 5.78 Å². The Morgan fingerprint density at radius 2 is 2.00 bits per heavy atom. The molecular formula is C11H16O. The van der Waals surface area contributed by atoms with Crippen LogP contribution in [0.25, 0.3) is 0 Å². The number of carbonyl (C=O) groups is 1. The first-order valence-corrected chi connectivity index (χ1v) is 5.04. The van der Waals surface area contributed by atoms with Crippen LogP contribution in [0.15, 0.2) is 11.1 Å². The lowest BCUT2D eigenvalue weighted by Gasteiger charge is -2.10. The molecule has 66 valence electrons. The summed E-state index contributed by atoms with van der Waals surface area (Å²) in [5.41, 5.74) is 2.71. The Kier molecular flexibility index (Phi) is 2.03. The van der Waals surface area contributed by atoms with Crippen molar-refractivity contribution in [3.63, 3.8) is 0 Å². The predicted octanol–water partition coefficient (Wildman–Crippen LogP) is 2.86. The van der Waals surface area contributed by atoms with Gasteiger partial charge in [-0.15, -0.1) is 0 Å². The predicted molar refractivity (Wildman–Crippen MR) is 48.9 cm³/mol. The summed E-state index contributed by atoms with van der Waals surface area (Å²) < 4.78 is 0. The zero-order chi connectivity index (χ0) is 8.55. The van der Waals surface area contributed by atoms with E-state index in [4.69, 9.17) is 0 Å². The molecule has 0 aliphatic heterocycles. The molecule has 0 bridgehead atoms. The van der Waals surface area contributed by atoms with Crippen molar-refractivity contribution in [2.24, 2.45) is 5.92 Å². The number of Topliss-reactive ketones (excluding diaryl/α,β-unsaturated/α-hetero) is 1. The van der Waals surface area contributed by atoms with E-state index in [2.05, 4.69) is 6.92 Å². The Bertz CT molecular complexity index is 237. The average molecular weight is 164 g/mol. The molecule has 0 saturated heterocycles. The molecule has 0 aromatic rings. The summed E-state index contributed by atoms with van der Waals surface area (Å²) in [7, 11) is 0. The molecule has 0 spiro atoms. The fraction of sp³-hybridized carbons (Fsp3) is 0.727. The van der Waals surface area contributed by atoms with E-state index < -0.39 is 0 Å². The highest BCUT2D eigenvalue weighted by Crippen LogP contribution is 2.37. The van der Waals surface area contributed by atoms with Gasteiger partial charge in [-0.2, -0.15) is 0 Å². The standard InChI is InChI=1S/C11H16O/c1-8-4-2-7-11(12)10-6-3-5-9(8)10/h8H,2-7H2,1H3. The molecule has 0 aromatic heterocycles. The van der Waals surface area contributed by atoms with E-state index >= 15 is 0 Å². The van der Waals surface area contributed by atoms with Crippen molar-refractivity contribution >= 4 is 5.78 Å². The summed E-state index contributed by atoms with van der Waals surface area (Å²) in [4.78, 5) is 11.6.